The number of benzene rings is 1. The van der Waals surface area contributed by atoms with E-state index in [2.05, 4.69) is 17.2 Å². The van der Waals surface area contributed by atoms with Crippen molar-refractivity contribution in [1.82, 2.24) is 5.32 Å². The second-order valence-corrected chi connectivity index (χ2v) is 4.04. The highest BCUT2D eigenvalue weighted by Crippen LogP contribution is 2.27. The lowest BCUT2D eigenvalue weighted by molar-refractivity contribution is 0.373. The molecule has 0 saturated carbocycles. The molecule has 0 spiro atoms. The van der Waals surface area contributed by atoms with E-state index in [9.17, 15) is 5.11 Å². The van der Waals surface area contributed by atoms with Crippen LogP contribution < -0.4 is 10.1 Å². The number of hydrogen-bond donors (Lipinski definition) is 2. The molecule has 0 atom stereocenters. The molecule has 1 rings (SSSR count). The van der Waals surface area contributed by atoms with E-state index in [-0.39, 0.29) is 5.75 Å². The van der Waals surface area contributed by atoms with Gasteiger partial charge < -0.3 is 15.2 Å². The van der Waals surface area contributed by atoms with Crippen molar-refractivity contribution >= 4 is 6.21 Å². The SMILES string of the molecule is CCCCNCCN=Cc1cccc(OC)c1O. The molecule has 0 fully saturated rings. The van der Waals surface area contributed by atoms with Crippen LogP contribution in [0.2, 0.25) is 0 Å². The van der Waals surface area contributed by atoms with Crippen molar-refractivity contribution in [3.63, 3.8) is 0 Å². The van der Waals surface area contributed by atoms with Gasteiger partial charge in [-0.05, 0) is 25.1 Å². The highest BCUT2D eigenvalue weighted by molar-refractivity contribution is 5.84. The second-order valence-electron chi connectivity index (χ2n) is 4.04. The van der Waals surface area contributed by atoms with Crippen LogP contribution in [-0.4, -0.2) is 38.1 Å². The predicted octanol–water partition coefficient (Wildman–Crippen LogP) is 2.21. The van der Waals surface area contributed by atoms with Gasteiger partial charge in [0, 0.05) is 18.3 Å². The number of aromatic hydroxyl groups is 1. The van der Waals surface area contributed by atoms with Crippen LogP contribution in [0.1, 0.15) is 25.3 Å². The molecule has 4 nitrogen and oxygen atoms in total. The Morgan fingerprint density at radius 1 is 1.39 bits per heavy atom. The topological polar surface area (TPSA) is 53.9 Å². The third kappa shape index (κ3) is 4.75. The molecule has 1 aromatic carbocycles. The average Bonchev–Trinajstić information content (AvgIpc) is 2.39. The second kappa shape index (κ2) is 8.53. The number of para-hydroxylation sites is 1. The first-order valence-electron chi connectivity index (χ1n) is 6.36. The first kappa shape index (κ1) is 14.5. The van der Waals surface area contributed by atoms with Crippen LogP contribution in [0, 0.1) is 0 Å². The number of phenols is 1. The summed E-state index contributed by atoms with van der Waals surface area (Å²) in [5, 5.41) is 13.1. The van der Waals surface area contributed by atoms with E-state index in [0.717, 1.165) is 13.1 Å². The quantitative estimate of drug-likeness (QED) is 0.549. The van der Waals surface area contributed by atoms with Gasteiger partial charge in [0.25, 0.3) is 0 Å². The van der Waals surface area contributed by atoms with Gasteiger partial charge in [0.05, 0.1) is 13.7 Å². The van der Waals surface area contributed by atoms with Crippen LogP contribution >= 0.6 is 0 Å². The lowest BCUT2D eigenvalue weighted by atomic mass is 10.2. The Hall–Kier alpha value is -1.55. The largest absolute Gasteiger partial charge is 0.504 e. The summed E-state index contributed by atoms with van der Waals surface area (Å²) in [4.78, 5) is 4.27. The fraction of sp³-hybridized carbons (Fsp3) is 0.500. The molecule has 0 aliphatic heterocycles. The number of hydrogen-bond acceptors (Lipinski definition) is 4. The van der Waals surface area contributed by atoms with Crippen LogP contribution in [0.15, 0.2) is 23.2 Å². The van der Waals surface area contributed by atoms with Crippen molar-refractivity contribution in [3.05, 3.63) is 23.8 Å². The van der Waals surface area contributed by atoms with Gasteiger partial charge in [0.15, 0.2) is 11.5 Å². The third-order valence-electron chi connectivity index (χ3n) is 2.61. The van der Waals surface area contributed by atoms with Gasteiger partial charge in [-0.2, -0.15) is 0 Å². The van der Waals surface area contributed by atoms with E-state index in [0.29, 0.717) is 17.9 Å². The molecular formula is C14H22N2O2. The monoisotopic (exact) mass is 250 g/mol. The number of unbranched alkanes of at least 4 members (excludes halogenated alkanes) is 1. The van der Waals surface area contributed by atoms with Gasteiger partial charge in [-0.15, -0.1) is 0 Å². The van der Waals surface area contributed by atoms with Gasteiger partial charge in [0.2, 0.25) is 0 Å². The minimum Gasteiger partial charge on any atom is -0.504 e. The number of ether oxygens (including phenoxy) is 1. The molecule has 0 radical (unpaired) electrons. The number of methoxy groups -OCH3 is 1. The Kier molecular flexibility index (Phi) is 6.87. The van der Waals surface area contributed by atoms with Crippen LogP contribution in [0.25, 0.3) is 0 Å². The molecule has 0 amide bonds. The highest BCUT2D eigenvalue weighted by atomic mass is 16.5. The molecule has 0 bridgehead atoms. The molecule has 4 heteroatoms. The maximum Gasteiger partial charge on any atom is 0.166 e. The van der Waals surface area contributed by atoms with E-state index in [4.69, 9.17) is 4.74 Å². The van der Waals surface area contributed by atoms with Crippen molar-refractivity contribution in [1.29, 1.82) is 0 Å². The molecule has 0 unspecified atom stereocenters. The zero-order valence-corrected chi connectivity index (χ0v) is 11.1. The Balaban J connectivity index is 2.38. The minimum atomic E-state index is 0.141. The van der Waals surface area contributed by atoms with E-state index < -0.39 is 0 Å². The summed E-state index contributed by atoms with van der Waals surface area (Å²) in [6, 6.07) is 5.37. The summed E-state index contributed by atoms with van der Waals surface area (Å²) in [7, 11) is 1.54. The Bertz CT molecular complexity index is 378. The fourth-order valence-corrected chi connectivity index (χ4v) is 1.54. The maximum atomic E-state index is 9.83. The zero-order valence-electron chi connectivity index (χ0n) is 11.1. The Morgan fingerprint density at radius 2 is 2.22 bits per heavy atom. The summed E-state index contributed by atoms with van der Waals surface area (Å²) < 4.78 is 5.03. The minimum absolute atomic E-state index is 0.141. The Morgan fingerprint density at radius 3 is 2.94 bits per heavy atom. The fourth-order valence-electron chi connectivity index (χ4n) is 1.54. The number of nitrogens with zero attached hydrogens (tertiary/aromatic N) is 1. The third-order valence-corrected chi connectivity index (χ3v) is 2.61. The molecule has 0 aromatic heterocycles. The zero-order chi connectivity index (χ0) is 13.2. The van der Waals surface area contributed by atoms with E-state index in [1.165, 1.54) is 20.0 Å². The Labute approximate surface area is 109 Å². The number of nitrogens with one attached hydrogen (secondary N) is 1. The van der Waals surface area contributed by atoms with Crippen LogP contribution in [0.4, 0.5) is 0 Å². The van der Waals surface area contributed by atoms with Gasteiger partial charge in [0.1, 0.15) is 0 Å². The number of aliphatic imine (C=N–C) groups is 1. The van der Waals surface area contributed by atoms with Crippen molar-refractivity contribution in [3.8, 4) is 11.5 Å². The van der Waals surface area contributed by atoms with Crippen molar-refractivity contribution in [2.45, 2.75) is 19.8 Å². The molecular weight excluding hydrogens is 228 g/mol. The molecule has 1 aromatic rings. The number of rotatable bonds is 8. The van der Waals surface area contributed by atoms with Gasteiger partial charge in [-0.25, -0.2) is 0 Å². The normalized spacial score (nSPS) is 11.0. The molecule has 18 heavy (non-hydrogen) atoms. The molecule has 0 aliphatic rings. The summed E-state index contributed by atoms with van der Waals surface area (Å²) >= 11 is 0. The first-order valence-corrected chi connectivity index (χ1v) is 6.36. The van der Waals surface area contributed by atoms with Gasteiger partial charge in [-0.1, -0.05) is 19.4 Å². The van der Waals surface area contributed by atoms with E-state index >= 15 is 0 Å². The van der Waals surface area contributed by atoms with E-state index in [1.54, 1.807) is 12.3 Å². The summed E-state index contributed by atoms with van der Waals surface area (Å²) in [5.41, 5.74) is 0.683. The standard InChI is InChI=1S/C14H22N2O2/c1-3-4-8-15-9-10-16-11-12-6-5-7-13(18-2)14(12)17/h5-7,11,15,17H,3-4,8-10H2,1-2H3. The summed E-state index contributed by atoms with van der Waals surface area (Å²) in [5.74, 6) is 0.614. The van der Waals surface area contributed by atoms with Crippen LogP contribution in [-0.2, 0) is 0 Å². The first-order chi connectivity index (χ1) is 8.79. The van der Waals surface area contributed by atoms with Crippen molar-refractivity contribution in [2.24, 2.45) is 4.99 Å². The van der Waals surface area contributed by atoms with Gasteiger partial charge in [-0.3, -0.25) is 4.99 Å². The molecule has 0 aliphatic carbocycles. The molecule has 0 heterocycles. The highest BCUT2D eigenvalue weighted by Gasteiger charge is 2.04. The van der Waals surface area contributed by atoms with Crippen LogP contribution in [0.3, 0.4) is 0 Å². The molecule has 2 N–H and O–H groups in total. The number of phenolic OH excluding ortho intramolecular Hbond substituents is 1. The lowest BCUT2D eigenvalue weighted by Gasteiger charge is -2.05. The maximum absolute atomic E-state index is 9.83. The van der Waals surface area contributed by atoms with E-state index in [1.807, 2.05) is 12.1 Å². The van der Waals surface area contributed by atoms with Crippen molar-refractivity contribution in [2.75, 3.05) is 26.7 Å². The molecule has 100 valence electrons. The smallest absolute Gasteiger partial charge is 0.166 e. The van der Waals surface area contributed by atoms with Crippen molar-refractivity contribution < 1.29 is 9.84 Å². The lowest BCUT2D eigenvalue weighted by Crippen LogP contribution is -2.18. The predicted molar refractivity (Wildman–Crippen MR) is 74.9 cm³/mol. The molecule has 0 saturated heterocycles. The van der Waals surface area contributed by atoms with Gasteiger partial charge >= 0.3 is 0 Å². The average molecular weight is 250 g/mol. The summed E-state index contributed by atoms with van der Waals surface area (Å²) in [6.45, 7) is 4.78. The van der Waals surface area contributed by atoms with Crippen LogP contribution in [0.5, 0.6) is 11.5 Å². The summed E-state index contributed by atoms with van der Waals surface area (Å²) in [6.07, 6.45) is 4.08.